The van der Waals surface area contributed by atoms with Gasteiger partial charge in [-0.05, 0) is 63.1 Å². The van der Waals surface area contributed by atoms with Crippen molar-refractivity contribution in [2.75, 3.05) is 13.2 Å². The Kier molecular flexibility index (Phi) is 4.43. The summed E-state index contributed by atoms with van der Waals surface area (Å²) in [5, 5.41) is 0. The van der Waals surface area contributed by atoms with Crippen LogP contribution in [0.3, 0.4) is 0 Å². The zero-order valence-corrected chi connectivity index (χ0v) is 10.7. The lowest BCUT2D eigenvalue weighted by Crippen LogP contribution is -2.03. The van der Waals surface area contributed by atoms with Gasteiger partial charge in [-0.25, -0.2) is 0 Å². The largest absolute Gasteiger partial charge is 0.493 e. The molecule has 17 heavy (non-hydrogen) atoms. The summed E-state index contributed by atoms with van der Waals surface area (Å²) < 4.78 is 5.92. The van der Waals surface area contributed by atoms with Gasteiger partial charge in [0.15, 0.2) is 0 Å². The van der Waals surface area contributed by atoms with Gasteiger partial charge in [0.2, 0.25) is 0 Å². The van der Waals surface area contributed by atoms with Crippen molar-refractivity contribution < 1.29 is 4.74 Å². The van der Waals surface area contributed by atoms with E-state index in [1.165, 1.54) is 24.0 Å². The fourth-order valence-corrected chi connectivity index (χ4v) is 2.00. The second-order valence-electron chi connectivity index (χ2n) is 5.11. The summed E-state index contributed by atoms with van der Waals surface area (Å²) in [6, 6.07) is 6.50. The molecule has 0 bridgehead atoms. The average Bonchev–Trinajstić information content (AvgIpc) is 3.12. The number of rotatable bonds is 7. The van der Waals surface area contributed by atoms with Crippen molar-refractivity contribution in [3.05, 3.63) is 29.3 Å². The number of aryl methyl sites for hydroxylation is 2. The second-order valence-corrected chi connectivity index (χ2v) is 5.11. The smallest absolute Gasteiger partial charge is 0.122 e. The molecule has 1 saturated carbocycles. The Morgan fingerprint density at radius 3 is 2.82 bits per heavy atom. The summed E-state index contributed by atoms with van der Waals surface area (Å²) in [4.78, 5) is 0. The number of hydrogen-bond acceptors (Lipinski definition) is 2. The summed E-state index contributed by atoms with van der Waals surface area (Å²) >= 11 is 0. The van der Waals surface area contributed by atoms with Gasteiger partial charge < -0.3 is 10.5 Å². The van der Waals surface area contributed by atoms with Crippen molar-refractivity contribution in [3.8, 4) is 5.75 Å². The highest BCUT2D eigenvalue weighted by atomic mass is 16.5. The quantitative estimate of drug-likeness (QED) is 0.735. The summed E-state index contributed by atoms with van der Waals surface area (Å²) in [7, 11) is 0. The highest BCUT2D eigenvalue weighted by molar-refractivity contribution is 5.37. The van der Waals surface area contributed by atoms with Crippen LogP contribution < -0.4 is 10.5 Å². The molecule has 1 aromatic carbocycles. The molecule has 1 aliphatic rings. The predicted octanol–water partition coefficient (Wildman–Crippen LogP) is 3.07. The molecule has 1 aliphatic carbocycles. The molecule has 0 spiro atoms. The van der Waals surface area contributed by atoms with Crippen molar-refractivity contribution in [1.82, 2.24) is 0 Å². The molecule has 0 radical (unpaired) electrons. The highest BCUT2D eigenvalue weighted by Crippen LogP contribution is 2.31. The molecular weight excluding hydrogens is 210 g/mol. The molecule has 0 heterocycles. The van der Waals surface area contributed by atoms with Crippen molar-refractivity contribution in [2.45, 2.75) is 39.0 Å². The van der Waals surface area contributed by atoms with Gasteiger partial charge in [-0.1, -0.05) is 17.7 Å². The van der Waals surface area contributed by atoms with Crippen LogP contribution in [0.5, 0.6) is 5.75 Å². The number of ether oxygens (including phenoxy) is 1. The van der Waals surface area contributed by atoms with Crippen LogP contribution >= 0.6 is 0 Å². The predicted molar refractivity (Wildman–Crippen MR) is 71.4 cm³/mol. The van der Waals surface area contributed by atoms with Crippen molar-refractivity contribution in [2.24, 2.45) is 11.7 Å². The number of unbranched alkanes of at least 4 members (excludes halogenated alkanes) is 1. The maximum Gasteiger partial charge on any atom is 0.122 e. The lowest BCUT2D eigenvalue weighted by Gasteiger charge is -2.12. The maximum atomic E-state index is 5.92. The molecule has 2 nitrogen and oxygen atoms in total. The van der Waals surface area contributed by atoms with Gasteiger partial charge in [0.25, 0.3) is 0 Å². The summed E-state index contributed by atoms with van der Waals surface area (Å²) in [6.07, 6.45) is 6.01. The lowest BCUT2D eigenvalue weighted by atomic mass is 10.0. The Labute approximate surface area is 104 Å². The van der Waals surface area contributed by atoms with E-state index in [1.54, 1.807) is 0 Å². The van der Waals surface area contributed by atoms with E-state index >= 15 is 0 Å². The Hall–Kier alpha value is -1.02. The second kappa shape index (κ2) is 6.06. The molecule has 0 saturated heterocycles. The van der Waals surface area contributed by atoms with Gasteiger partial charge in [-0.2, -0.15) is 0 Å². The van der Waals surface area contributed by atoms with Gasteiger partial charge in [-0.3, -0.25) is 0 Å². The fourth-order valence-electron chi connectivity index (χ4n) is 2.00. The fraction of sp³-hybridized carbons (Fsp3) is 0.600. The topological polar surface area (TPSA) is 35.2 Å². The van der Waals surface area contributed by atoms with Gasteiger partial charge in [0.1, 0.15) is 5.75 Å². The first-order valence-electron chi connectivity index (χ1n) is 6.72. The van der Waals surface area contributed by atoms with Crippen molar-refractivity contribution in [3.63, 3.8) is 0 Å². The van der Waals surface area contributed by atoms with E-state index in [9.17, 15) is 0 Å². The number of hydrogen-bond donors (Lipinski definition) is 1. The highest BCUT2D eigenvalue weighted by Gasteiger charge is 2.22. The Balaban J connectivity index is 1.95. The molecule has 2 N–H and O–H groups in total. The molecule has 1 fully saturated rings. The molecule has 2 rings (SSSR count). The zero-order chi connectivity index (χ0) is 12.1. The first-order chi connectivity index (χ1) is 8.29. The van der Waals surface area contributed by atoms with Gasteiger partial charge in [0.05, 0.1) is 6.61 Å². The zero-order valence-electron chi connectivity index (χ0n) is 10.7. The monoisotopic (exact) mass is 233 g/mol. The summed E-state index contributed by atoms with van der Waals surface area (Å²) in [5.74, 6) is 1.90. The Bertz CT molecular complexity index is 358. The molecule has 2 heteroatoms. The van der Waals surface area contributed by atoms with Crippen LogP contribution in [0.15, 0.2) is 18.2 Å². The van der Waals surface area contributed by atoms with E-state index in [0.717, 1.165) is 44.1 Å². The molecule has 0 atom stereocenters. The van der Waals surface area contributed by atoms with Crippen LogP contribution in [0.1, 0.15) is 36.8 Å². The van der Waals surface area contributed by atoms with E-state index in [0.29, 0.717) is 0 Å². The Morgan fingerprint density at radius 2 is 2.12 bits per heavy atom. The number of benzene rings is 1. The summed E-state index contributed by atoms with van der Waals surface area (Å²) in [5.41, 5.74) is 8.19. The molecule has 0 unspecified atom stereocenters. The third-order valence-corrected chi connectivity index (χ3v) is 3.29. The summed E-state index contributed by atoms with van der Waals surface area (Å²) in [6.45, 7) is 3.81. The molecule has 0 amide bonds. The van der Waals surface area contributed by atoms with Crippen LogP contribution in [0.2, 0.25) is 0 Å². The van der Waals surface area contributed by atoms with E-state index in [1.807, 2.05) is 0 Å². The maximum absolute atomic E-state index is 5.92. The SMILES string of the molecule is Cc1ccc(OCC2CC2)c(CCCCN)c1. The van der Waals surface area contributed by atoms with Crippen LogP contribution in [0.4, 0.5) is 0 Å². The van der Waals surface area contributed by atoms with Crippen LogP contribution in [-0.2, 0) is 6.42 Å². The van der Waals surface area contributed by atoms with E-state index < -0.39 is 0 Å². The van der Waals surface area contributed by atoms with E-state index in [2.05, 4.69) is 25.1 Å². The van der Waals surface area contributed by atoms with Crippen molar-refractivity contribution in [1.29, 1.82) is 0 Å². The minimum absolute atomic E-state index is 0.782. The minimum atomic E-state index is 0.782. The third kappa shape index (κ3) is 4.04. The molecular formula is C15H23NO. The normalized spacial score (nSPS) is 14.9. The number of nitrogens with two attached hydrogens (primary N) is 1. The van der Waals surface area contributed by atoms with Gasteiger partial charge in [0, 0.05) is 0 Å². The van der Waals surface area contributed by atoms with Gasteiger partial charge >= 0.3 is 0 Å². The minimum Gasteiger partial charge on any atom is -0.493 e. The third-order valence-electron chi connectivity index (χ3n) is 3.29. The van der Waals surface area contributed by atoms with Crippen molar-refractivity contribution >= 4 is 0 Å². The van der Waals surface area contributed by atoms with Crippen LogP contribution in [-0.4, -0.2) is 13.2 Å². The van der Waals surface area contributed by atoms with Crippen LogP contribution in [0, 0.1) is 12.8 Å². The lowest BCUT2D eigenvalue weighted by molar-refractivity contribution is 0.296. The average molecular weight is 233 g/mol. The van der Waals surface area contributed by atoms with E-state index in [-0.39, 0.29) is 0 Å². The molecule has 94 valence electrons. The first kappa shape index (κ1) is 12.4. The first-order valence-corrected chi connectivity index (χ1v) is 6.72. The van der Waals surface area contributed by atoms with E-state index in [4.69, 9.17) is 10.5 Å². The molecule has 0 aromatic heterocycles. The van der Waals surface area contributed by atoms with Crippen LogP contribution in [0.25, 0.3) is 0 Å². The Morgan fingerprint density at radius 1 is 1.29 bits per heavy atom. The standard InChI is InChI=1S/C15H23NO/c1-12-5-8-15(17-11-13-6-7-13)14(10-12)4-2-3-9-16/h5,8,10,13H,2-4,6-7,9,11,16H2,1H3. The molecule has 1 aromatic rings. The van der Waals surface area contributed by atoms with Gasteiger partial charge in [-0.15, -0.1) is 0 Å². The molecule has 0 aliphatic heterocycles.